The van der Waals surface area contributed by atoms with Crippen LogP contribution in [0.2, 0.25) is 0 Å². The van der Waals surface area contributed by atoms with Gasteiger partial charge in [0.25, 0.3) is 0 Å². The van der Waals surface area contributed by atoms with Crippen LogP contribution in [0.4, 0.5) is 0 Å². The van der Waals surface area contributed by atoms with E-state index in [1.165, 1.54) is 37.4 Å². The summed E-state index contributed by atoms with van der Waals surface area (Å²) >= 11 is 2.10. The SMILES string of the molecule is OCCN1CCN(C2CCSCC2)CC1. The molecule has 88 valence electrons. The summed E-state index contributed by atoms with van der Waals surface area (Å²) in [6.07, 6.45) is 2.76. The zero-order valence-corrected chi connectivity index (χ0v) is 10.2. The molecule has 4 heteroatoms. The average molecular weight is 230 g/mol. The molecule has 0 aromatic heterocycles. The van der Waals surface area contributed by atoms with Crippen molar-refractivity contribution in [1.29, 1.82) is 0 Å². The zero-order chi connectivity index (χ0) is 10.5. The van der Waals surface area contributed by atoms with Crippen LogP contribution in [0.25, 0.3) is 0 Å². The number of thioether (sulfide) groups is 1. The van der Waals surface area contributed by atoms with Gasteiger partial charge in [0.15, 0.2) is 0 Å². The molecule has 2 aliphatic rings. The standard InChI is InChI=1S/C11H22N2OS/c14-8-7-12-3-5-13(6-4-12)11-1-9-15-10-2-11/h11,14H,1-10H2. The van der Waals surface area contributed by atoms with Crippen LogP contribution in [0.5, 0.6) is 0 Å². The van der Waals surface area contributed by atoms with Crippen molar-refractivity contribution < 1.29 is 5.11 Å². The molecule has 0 aromatic carbocycles. The third-order valence-electron chi connectivity index (χ3n) is 3.53. The van der Waals surface area contributed by atoms with Crippen molar-refractivity contribution in [2.45, 2.75) is 18.9 Å². The van der Waals surface area contributed by atoms with E-state index in [4.69, 9.17) is 5.11 Å². The molecule has 1 N–H and O–H groups in total. The lowest BCUT2D eigenvalue weighted by Gasteiger charge is -2.40. The number of hydrogen-bond acceptors (Lipinski definition) is 4. The van der Waals surface area contributed by atoms with Gasteiger partial charge in [-0.25, -0.2) is 0 Å². The highest BCUT2D eigenvalue weighted by molar-refractivity contribution is 7.99. The van der Waals surface area contributed by atoms with Crippen molar-refractivity contribution in [2.75, 3.05) is 50.8 Å². The molecule has 0 atom stereocenters. The van der Waals surface area contributed by atoms with Gasteiger partial charge in [0.1, 0.15) is 0 Å². The van der Waals surface area contributed by atoms with Crippen LogP contribution in [0.1, 0.15) is 12.8 Å². The Bertz CT molecular complexity index is 177. The van der Waals surface area contributed by atoms with Gasteiger partial charge in [0, 0.05) is 38.8 Å². The molecule has 2 heterocycles. The number of rotatable bonds is 3. The van der Waals surface area contributed by atoms with E-state index in [0.717, 1.165) is 25.7 Å². The lowest BCUT2D eigenvalue weighted by molar-refractivity contribution is 0.0805. The van der Waals surface area contributed by atoms with Crippen molar-refractivity contribution in [3.05, 3.63) is 0 Å². The maximum absolute atomic E-state index is 8.88. The topological polar surface area (TPSA) is 26.7 Å². The Morgan fingerprint density at radius 2 is 1.73 bits per heavy atom. The van der Waals surface area contributed by atoms with Crippen LogP contribution in [0, 0.1) is 0 Å². The molecule has 2 fully saturated rings. The van der Waals surface area contributed by atoms with Crippen molar-refractivity contribution >= 4 is 11.8 Å². The van der Waals surface area contributed by atoms with E-state index in [1.54, 1.807) is 0 Å². The first-order valence-electron chi connectivity index (χ1n) is 6.05. The molecule has 0 radical (unpaired) electrons. The van der Waals surface area contributed by atoms with Crippen LogP contribution >= 0.6 is 11.8 Å². The quantitative estimate of drug-likeness (QED) is 0.763. The maximum Gasteiger partial charge on any atom is 0.0558 e. The number of nitrogens with zero attached hydrogens (tertiary/aromatic N) is 2. The lowest BCUT2D eigenvalue weighted by atomic mass is 10.1. The molecule has 2 aliphatic heterocycles. The monoisotopic (exact) mass is 230 g/mol. The second kappa shape index (κ2) is 6.09. The predicted octanol–water partition coefficient (Wildman–Crippen LogP) is 0.492. The average Bonchev–Trinajstić information content (AvgIpc) is 2.32. The van der Waals surface area contributed by atoms with Crippen LogP contribution in [0.15, 0.2) is 0 Å². The van der Waals surface area contributed by atoms with E-state index >= 15 is 0 Å². The molecule has 15 heavy (non-hydrogen) atoms. The molecular formula is C11H22N2OS. The van der Waals surface area contributed by atoms with Gasteiger partial charge < -0.3 is 5.11 Å². The van der Waals surface area contributed by atoms with Crippen molar-refractivity contribution in [3.63, 3.8) is 0 Å². The first kappa shape index (κ1) is 11.7. The molecular weight excluding hydrogens is 208 g/mol. The smallest absolute Gasteiger partial charge is 0.0558 e. The molecule has 0 spiro atoms. The normalized spacial score (nSPS) is 27.0. The van der Waals surface area contributed by atoms with Crippen LogP contribution in [-0.4, -0.2) is 71.8 Å². The van der Waals surface area contributed by atoms with E-state index in [9.17, 15) is 0 Å². The lowest BCUT2D eigenvalue weighted by Crippen LogP contribution is -2.51. The summed E-state index contributed by atoms with van der Waals surface area (Å²) in [6, 6.07) is 0.850. The summed E-state index contributed by atoms with van der Waals surface area (Å²) in [6.45, 7) is 5.85. The summed E-state index contributed by atoms with van der Waals surface area (Å²) in [5.74, 6) is 2.70. The highest BCUT2D eigenvalue weighted by Crippen LogP contribution is 2.22. The van der Waals surface area contributed by atoms with Gasteiger partial charge in [-0.05, 0) is 24.3 Å². The Balaban J connectivity index is 1.72. The van der Waals surface area contributed by atoms with Gasteiger partial charge in [0.05, 0.1) is 6.61 Å². The molecule has 2 saturated heterocycles. The molecule has 0 amide bonds. The highest BCUT2D eigenvalue weighted by Gasteiger charge is 2.24. The molecule has 0 aromatic rings. The summed E-state index contributed by atoms with van der Waals surface area (Å²) in [5.41, 5.74) is 0. The maximum atomic E-state index is 8.88. The summed E-state index contributed by atoms with van der Waals surface area (Å²) in [5, 5.41) is 8.88. The second-order valence-electron chi connectivity index (χ2n) is 4.44. The molecule has 2 rings (SSSR count). The van der Waals surface area contributed by atoms with Gasteiger partial charge >= 0.3 is 0 Å². The molecule has 0 unspecified atom stereocenters. The summed E-state index contributed by atoms with van der Waals surface area (Å²) in [7, 11) is 0. The highest BCUT2D eigenvalue weighted by atomic mass is 32.2. The van der Waals surface area contributed by atoms with Crippen molar-refractivity contribution in [2.24, 2.45) is 0 Å². The molecule has 0 aliphatic carbocycles. The van der Waals surface area contributed by atoms with Crippen LogP contribution in [-0.2, 0) is 0 Å². The van der Waals surface area contributed by atoms with Gasteiger partial charge in [0.2, 0.25) is 0 Å². The third-order valence-corrected chi connectivity index (χ3v) is 4.58. The Kier molecular flexibility index (Phi) is 4.75. The number of piperazine rings is 1. The van der Waals surface area contributed by atoms with Crippen molar-refractivity contribution in [1.82, 2.24) is 9.80 Å². The van der Waals surface area contributed by atoms with Gasteiger partial charge in [-0.1, -0.05) is 0 Å². The molecule has 3 nitrogen and oxygen atoms in total. The van der Waals surface area contributed by atoms with E-state index in [2.05, 4.69) is 21.6 Å². The third kappa shape index (κ3) is 3.34. The van der Waals surface area contributed by atoms with E-state index in [-0.39, 0.29) is 0 Å². The Morgan fingerprint density at radius 3 is 2.33 bits per heavy atom. The fourth-order valence-electron chi connectivity index (χ4n) is 2.54. The van der Waals surface area contributed by atoms with Crippen LogP contribution < -0.4 is 0 Å². The first-order valence-corrected chi connectivity index (χ1v) is 7.20. The minimum atomic E-state index is 0.306. The Labute approximate surface area is 96.8 Å². The second-order valence-corrected chi connectivity index (χ2v) is 5.67. The first-order chi connectivity index (χ1) is 7.40. The predicted molar refractivity (Wildman–Crippen MR) is 65.4 cm³/mol. The Hall–Kier alpha value is 0.230. The fourth-order valence-corrected chi connectivity index (χ4v) is 3.63. The van der Waals surface area contributed by atoms with Crippen LogP contribution in [0.3, 0.4) is 0 Å². The summed E-state index contributed by atoms with van der Waals surface area (Å²) < 4.78 is 0. The van der Waals surface area contributed by atoms with Gasteiger partial charge in [-0.3, -0.25) is 9.80 Å². The number of aliphatic hydroxyl groups is 1. The van der Waals surface area contributed by atoms with Gasteiger partial charge in [-0.2, -0.15) is 11.8 Å². The molecule has 0 saturated carbocycles. The van der Waals surface area contributed by atoms with Gasteiger partial charge in [-0.15, -0.1) is 0 Å². The number of aliphatic hydroxyl groups excluding tert-OH is 1. The van der Waals surface area contributed by atoms with E-state index in [0.29, 0.717) is 6.61 Å². The minimum absolute atomic E-state index is 0.306. The zero-order valence-electron chi connectivity index (χ0n) is 9.40. The summed E-state index contributed by atoms with van der Waals surface area (Å²) in [4.78, 5) is 5.03. The van der Waals surface area contributed by atoms with E-state index in [1.807, 2.05) is 0 Å². The molecule has 0 bridgehead atoms. The fraction of sp³-hybridized carbons (Fsp3) is 1.00. The Morgan fingerprint density at radius 1 is 1.07 bits per heavy atom. The minimum Gasteiger partial charge on any atom is -0.395 e. The van der Waals surface area contributed by atoms with Crippen molar-refractivity contribution in [3.8, 4) is 0 Å². The number of β-amino-alcohol motifs (C(OH)–C–C–N with tert-alkyl or cyclic N) is 1. The largest absolute Gasteiger partial charge is 0.395 e. The number of hydrogen-bond donors (Lipinski definition) is 1. The van der Waals surface area contributed by atoms with E-state index < -0.39 is 0 Å².